The van der Waals surface area contributed by atoms with Crippen molar-refractivity contribution in [1.29, 1.82) is 0 Å². The molecule has 4 nitrogen and oxygen atoms in total. The van der Waals surface area contributed by atoms with Crippen molar-refractivity contribution in [3.05, 3.63) is 164 Å². The molecule has 12 rings (SSSR count). The van der Waals surface area contributed by atoms with E-state index in [2.05, 4.69) is 156 Å². The van der Waals surface area contributed by atoms with Crippen molar-refractivity contribution in [3.8, 4) is 28.3 Å². The molecule has 5 heteroatoms. The Balaban J connectivity index is 1.20. The zero-order valence-corrected chi connectivity index (χ0v) is 29.1. The van der Waals surface area contributed by atoms with Gasteiger partial charge < -0.3 is 8.98 Å². The van der Waals surface area contributed by atoms with Crippen LogP contribution in [0.3, 0.4) is 0 Å². The third kappa shape index (κ3) is 4.11. The summed E-state index contributed by atoms with van der Waals surface area (Å²) in [7, 11) is 0. The van der Waals surface area contributed by atoms with E-state index in [9.17, 15) is 0 Å². The first-order valence-corrected chi connectivity index (χ1v) is 18.6. The van der Waals surface area contributed by atoms with Crippen molar-refractivity contribution in [2.75, 3.05) is 0 Å². The van der Waals surface area contributed by atoms with Crippen LogP contribution in [0.25, 0.3) is 114 Å². The average Bonchev–Trinajstić information content (AvgIpc) is 3.90. The highest BCUT2D eigenvalue weighted by molar-refractivity contribution is 7.26. The van der Waals surface area contributed by atoms with Gasteiger partial charge in [-0.05, 0) is 59.3 Å². The summed E-state index contributed by atoms with van der Waals surface area (Å²) in [6.07, 6.45) is 0. The number of rotatable bonds is 3. The van der Waals surface area contributed by atoms with Crippen LogP contribution in [0, 0.1) is 0 Å². The Morgan fingerprint density at radius 1 is 0.491 bits per heavy atom. The van der Waals surface area contributed by atoms with E-state index in [1.54, 1.807) is 11.3 Å². The minimum Gasteiger partial charge on any atom is -0.455 e. The highest BCUT2D eigenvalue weighted by atomic mass is 32.1. The molecule has 8 aromatic carbocycles. The summed E-state index contributed by atoms with van der Waals surface area (Å²) in [5.41, 5.74) is 8.84. The second-order valence-corrected chi connectivity index (χ2v) is 14.7. The van der Waals surface area contributed by atoms with Gasteiger partial charge in [-0.25, -0.2) is 9.97 Å². The van der Waals surface area contributed by atoms with Gasteiger partial charge in [0.15, 0.2) is 5.82 Å². The van der Waals surface area contributed by atoms with Crippen molar-refractivity contribution in [2.45, 2.75) is 0 Å². The van der Waals surface area contributed by atoms with Crippen LogP contribution in [0.15, 0.2) is 168 Å². The lowest BCUT2D eigenvalue weighted by atomic mass is 10.0. The SMILES string of the molecule is c1ccc2c(c1)ccc1c2c2ccccc2n1-c1cc(-c2nc(-c3cccc4c3oc3ccccc34)c3ccccc3n2)c2sc3ccccc3c2c1. The third-order valence-corrected chi connectivity index (χ3v) is 12.0. The van der Waals surface area contributed by atoms with Gasteiger partial charge in [-0.1, -0.05) is 115 Å². The van der Waals surface area contributed by atoms with Crippen LogP contribution in [0.1, 0.15) is 0 Å². The van der Waals surface area contributed by atoms with Crippen LogP contribution in [-0.4, -0.2) is 14.5 Å². The first-order chi connectivity index (χ1) is 26.3. The first-order valence-electron chi connectivity index (χ1n) is 17.8. The fraction of sp³-hybridized carbons (Fsp3) is 0. The van der Waals surface area contributed by atoms with E-state index in [1.165, 1.54) is 52.8 Å². The maximum absolute atomic E-state index is 6.56. The number of fused-ring (bicyclic) bond motifs is 12. The van der Waals surface area contributed by atoms with Crippen molar-refractivity contribution in [2.24, 2.45) is 0 Å². The zero-order chi connectivity index (χ0) is 34.6. The van der Waals surface area contributed by atoms with Gasteiger partial charge in [0.1, 0.15) is 11.2 Å². The molecule has 0 fully saturated rings. The third-order valence-electron chi connectivity index (χ3n) is 10.8. The molecule has 4 aromatic heterocycles. The zero-order valence-electron chi connectivity index (χ0n) is 28.2. The second-order valence-electron chi connectivity index (χ2n) is 13.7. The summed E-state index contributed by atoms with van der Waals surface area (Å²) in [5, 5.41) is 10.6. The van der Waals surface area contributed by atoms with Crippen LogP contribution in [-0.2, 0) is 0 Å². The lowest BCUT2D eigenvalue weighted by molar-refractivity contribution is 0.670. The van der Waals surface area contributed by atoms with Crippen LogP contribution >= 0.6 is 11.3 Å². The van der Waals surface area contributed by atoms with Gasteiger partial charge in [0.05, 0.1) is 22.2 Å². The summed E-state index contributed by atoms with van der Waals surface area (Å²) in [5.74, 6) is 0.691. The van der Waals surface area contributed by atoms with Gasteiger partial charge in [-0.3, -0.25) is 0 Å². The van der Waals surface area contributed by atoms with Crippen LogP contribution in [0.2, 0.25) is 0 Å². The molecule has 0 bridgehead atoms. The molecule has 4 heterocycles. The normalized spacial score (nSPS) is 12.2. The summed E-state index contributed by atoms with van der Waals surface area (Å²) in [6.45, 7) is 0. The highest BCUT2D eigenvalue weighted by Crippen LogP contribution is 2.45. The number of nitrogens with zero attached hydrogens (tertiary/aromatic N) is 3. The molecule has 53 heavy (non-hydrogen) atoms. The summed E-state index contributed by atoms with van der Waals surface area (Å²) >= 11 is 1.80. The van der Waals surface area contributed by atoms with Crippen molar-refractivity contribution in [3.63, 3.8) is 0 Å². The van der Waals surface area contributed by atoms with Gasteiger partial charge >= 0.3 is 0 Å². The maximum Gasteiger partial charge on any atom is 0.161 e. The fourth-order valence-electron chi connectivity index (χ4n) is 8.46. The second kappa shape index (κ2) is 10.8. The summed E-state index contributed by atoms with van der Waals surface area (Å²) in [4.78, 5) is 10.8. The van der Waals surface area contributed by atoms with E-state index in [-0.39, 0.29) is 0 Å². The predicted octanol–water partition coefficient (Wildman–Crippen LogP) is 13.5. The van der Waals surface area contributed by atoms with Crippen molar-refractivity contribution < 1.29 is 4.42 Å². The van der Waals surface area contributed by atoms with E-state index < -0.39 is 0 Å². The van der Waals surface area contributed by atoms with E-state index in [0.717, 1.165) is 55.3 Å². The molecule has 0 saturated carbocycles. The minimum atomic E-state index is 0.691. The number of aromatic nitrogens is 3. The molecule has 0 N–H and O–H groups in total. The molecule has 0 radical (unpaired) electrons. The van der Waals surface area contributed by atoms with Gasteiger partial charge in [-0.2, -0.15) is 0 Å². The first kappa shape index (κ1) is 28.8. The monoisotopic (exact) mass is 693 g/mol. The Labute approximate surface area is 306 Å². The Morgan fingerprint density at radius 3 is 2.15 bits per heavy atom. The quantitative estimate of drug-likeness (QED) is 0.185. The lowest BCUT2D eigenvalue weighted by Gasteiger charge is -2.14. The molecule has 0 saturated heterocycles. The number of thiophene rings is 1. The largest absolute Gasteiger partial charge is 0.455 e. The van der Waals surface area contributed by atoms with Crippen molar-refractivity contribution >= 4 is 96.9 Å². The van der Waals surface area contributed by atoms with Crippen LogP contribution in [0.4, 0.5) is 0 Å². The highest BCUT2D eigenvalue weighted by Gasteiger charge is 2.22. The standard InChI is InChI=1S/C48H27N3OS/c1-2-13-30-28(12-1)24-25-41-44(30)35-17-4-8-21-40(35)51(41)29-26-37-32-15-6-10-23-43(32)53-47(37)38(27-29)48-49-39-20-7-3-16-34(39)45(50-48)36-19-11-18-33-31-14-5-9-22-42(31)52-46(33)36/h1-27H. The molecule has 0 amide bonds. The lowest BCUT2D eigenvalue weighted by Crippen LogP contribution is -1.98. The Bertz CT molecular complexity index is 3480. The average molecular weight is 694 g/mol. The van der Waals surface area contributed by atoms with Gasteiger partial charge in [0.25, 0.3) is 0 Å². The molecule has 0 aliphatic carbocycles. The molecule has 12 aromatic rings. The van der Waals surface area contributed by atoms with Gasteiger partial charge in [-0.15, -0.1) is 11.3 Å². The smallest absolute Gasteiger partial charge is 0.161 e. The summed E-state index contributed by atoms with van der Waals surface area (Å²) < 4.78 is 11.4. The van der Waals surface area contributed by atoms with Gasteiger partial charge in [0, 0.05) is 63.9 Å². The fourth-order valence-corrected chi connectivity index (χ4v) is 9.65. The molecule has 0 unspecified atom stereocenters. The topological polar surface area (TPSA) is 43.9 Å². The molecule has 246 valence electrons. The summed E-state index contributed by atoms with van der Waals surface area (Å²) in [6, 6.07) is 58.2. The number of para-hydroxylation sites is 4. The Morgan fingerprint density at radius 2 is 1.23 bits per heavy atom. The van der Waals surface area contributed by atoms with Crippen LogP contribution < -0.4 is 0 Å². The molecule has 0 aliphatic heterocycles. The number of furan rings is 1. The molecule has 0 atom stereocenters. The molecular formula is C48H27N3OS. The Kier molecular flexibility index (Phi) is 5.90. The number of hydrogen-bond acceptors (Lipinski definition) is 4. The maximum atomic E-state index is 6.56. The van der Waals surface area contributed by atoms with E-state index in [4.69, 9.17) is 14.4 Å². The van der Waals surface area contributed by atoms with Crippen molar-refractivity contribution in [1.82, 2.24) is 14.5 Å². The Hall–Kier alpha value is -6.82. The predicted molar refractivity (Wildman–Crippen MR) is 222 cm³/mol. The van der Waals surface area contributed by atoms with Crippen LogP contribution in [0.5, 0.6) is 0 Å². The van der Waals surface area contributed by atoms with E-state index >= 15 is 0 Å². The molecular weight excluding hydrogens is 667 g/mol. The van der Waals surface area contributed by atoms with E-state index in [0.29, 0.717) is 5.82 Å². The molecule has 0 aliphatic rings. The molecule has 0 spiro atoms. The minimum absolute atomic E-state index is 0.691. The number of benzene rings is 8. The van der Waals surface area contributed by atoms with Gasteiger partial charge in [0.2, 0.25) is 0 Å². The number of hydrogen-bond donors (Lipinski definition) is 0. The van der Waals surface area contributed by atoms with E-state index in [1.807, 2.05) is 12.1 Å².